The van der Waals surface area contributed by atoms with Crippen molar-refractivity contribution in [3.63, 3.8) is 0 Å². The van der Waals surface area contributed by atoms with Gasteiger partial charge in [-0.1, -0.05) is 15.9 Å². The van der Waals surface area contributed by atoms with Crippen molar-refractivity contribution in [2.24, 2.45) is 0 Å². The van der Waals surface area contributed by atoms with Gasteiger partial charge in [0.25, 0.3) is 0 Å². The second-order valence-electron chi connectivity index (χ2n) is 3.44. The highest BCUT2D eigenvalue weighted by Gasteiger charge is 2.02. The molecule has 0 radical (unpaired) electrons. The molecule has 4 heteroatoms. The Morgan fingerprint density at radius 1 is 1.53 bits per heavy atom. The highest BCUT2D eigenvalue weighted by Crippen LogP contribution is 2.22. The molecule has 1 rings (SSSR count). The fourth-order valence-electron chi connectivity index (χ4n) is 1.23. The van der Waals surface area contributed by atoms with Crippen LogP contribution >= 0.6 is 15.9 Å². The zero-order chi connectivity index (χ0) is 11.3. The molecule has 1 aromatic carbocycles. The Hall–Kier alpha value is -0.580. The topological polar surface area (TPSA) is 41.5 Å². The molecule has 1 aromatic rings. The SMILES string of the molecule is COc1ccc(Br)c(CNC[C@@H](C)O)c1. The van der Waals surface area contributed by atoms with Crippen molar-refractivity contribution < 1.29 is 9.84 Å². The van der Waals surface area contributed by atoms with E-state index in [0.717, 1.165) is 15.8 Å². The molecule has 15 heavy (non-hydrogen) atoms. The Morgan fingerprint density at radius 3 is 2.87 bits per heavy atom. The summed E-state index contributed by atoms with van der Waals surface area (Å²) in [6, 6.07) is 5.83. The largest absolute Gasteiger partial charge is 0.497 e. The average Bonchev–Trinajstić information content (AvgIpc) is 2.20. The maximum Gasteiger partial charge on any atom is 0.119 e. The number of methoxy groups -OCH3 is 1. The Labute approximate surface area is 98.6 Å². The van der Waals surface area contributed by atoms with Crippen LogP contribution in [0.5, 0.6) is 5.75 Å². The molecule has 0 bridgehead atoms. The van der Waals surface area contributed by atoms with E-state index in [1.165, 1.54) is 0 Å². The van der Waals surface area contributed by atoms with Crippen LogP contribution in [-0.4, -0.2) is 24.9 Å². The standard InChI is InChI=1S/C11H16BrNO2/c1-8(14)6-13-7-9-5-10(15-2)3-4-11(9)12/h3-5,8,13-14H,6-7H2,1-2H3/t8-/m1/s1. The van der Waals surface area contributed by atoms with Crippen LogP contribution in [0.4, 0.5) is 0 Å². The highest BCUT2D eigenvalue weighted by molar-refractivity contribution is 9.10. The van der Waals surface area contributed by atoms with Gasteiger partial charge in [0.15, 0.2) is 0 Å². The monoisotopic (exact) mass is 273 g/mol. The summed E-state index contributed by atoms with van der Waals surface area (Å²) in [4.78, 5) is 0. The summed E-state index contributed by atoms with van der Waals surface area (Å²) in [6.07, 6.45) is -0.325. The number of aliphatic hydroxyl groups is 1. The molecular formula is C11H16BrNO2. The third kappa shape index (κ3) is 4.20. The third-order valence-electron chi connectivity index (χ3n) is 2.01. The molecule has 3 nitrogen and oxygen atoms in total. The maximum absolute atomic E-state index is 9.10. The Bertz CT molecular complexity index is 315. The summed E-state index contributed by atoms with van der Waals surface area (Å²) in [6.45, 7) is 3.06. The summed E-state index contributed by atoms with van der Waals surface area (Å²) in [5, 5.41) is 12.3. The summed E-state index contributed by atoms with van der Waals surface area (Å²) in [5.74, 6) is 0.840. The Balaban J connectivity index is 2.59. The fourth-order valence-corrected chi connectivity index (χ4v) is 1.62. The molecule has 0 heterocycles. The van der Waals surface area contributed by atoms with Crippen molar-refractivity contribution in [1.29, 1.82) is 0 Å². The number of rotatable bonds is 5. The molecule has 0 spiro atoms. The summed E-state index contributed by atoms with van der Waals surface area (Å²) in [5.41, 5.74) is 1.12. The van der Waals surface area contributed by atoms with E-state index in [0.29, 0.717) is 13.1 Å². The minimum Gasteiger partial charge on any atom is -0.497 e. The zero-order valence-corrected chi connectivity index (χ0v) is 10.5. The molecule has 0 fully saturated rings. The van der Waals surface area contributed by atoms with Gasteiger partial charge in [-0.25, -0.2) is 0 Å². The van der Waals surface area contributed by atoms with E-state index in [1.54, 1.807) is 14.0 Å². The van der Waals surface area contributed by atoms with Gasteiger partial charge in [-0.3, -0.25) is 0 Å². The van der Waals surface area contributed by atoms with Gasteiger partial charge in [-0.05, 0) is 30.7 Å². The zero-order valence-electron chi connectivity index (χ0n) is 8.96. The van der Waals surface area contributed by atoms with Crippen molar-refractivity contribution in [2.75, 3.05) is 13.7 Å². The number of ether oxygens (including phenoxy) is 1. The molecule has 84 valence electrons. The predicted octanol–water partition coefficient (Wildman–Crippen LogP) is 1.93. The molecule has 1 atom stereocenters. The van der Waals surface area contributed by atoms with Crippen LogP contribution in [0.25, 0.3) is 0 Å². The molecule has 0 saturated heterocycles. The number of hydrogen-bond donors (Lipinski definition) is 2. The normalized spacial score (nSPS) is 12.5. The van der Waals surface area contributed by atoms with Gasteiger partial charge in [-0.15, -0.1) is 0 Å². The van der Waals surface area contributed by atoms with Crippen LogP contribution < -0.4 is 10.1 Å². The van der Waals surface area contributed by atoms with Crippen molar-refractivity contribution in [3.8, 4) is 5.75 Å². The molecule has 0 aliphatic heterocycles. The quantitative estimate of drug-likeness (QED) is 0.862. The van der Waals surface area contributed by atoms with Crippen molar-refractivity contribution >= 4 is 15.9 Å². The highest BCUT2D eigenvalue weighted by atomic mass is 79.9. The maximum atomic E-state index is 9.10. The van der Waals surface area contributed by atoms with Gasteiger partial charge in [0, 0.05) is 17.6 Å². The lowest BCUT2D eigenvalue weighted by Crippen LogP contribution is -2.23. The van der Waals surface area contributed by atoms with Gasteiger partial charge in [0.05, 0.1) is 13.2 Å². The van der Waals surface area contributed by atoms with E-state index >= 15 is 0 Å². The molecular weight excluding hydrogens is 258 g/mol. The second kappa shape index (κ2) is 6.10. The minimum absolute atomic E-state index is 0.325. The summed E-state index contributed by atoms with van der Waals surface area (Å²) >= 11 is 3.47. The van der Waals surface area contributed by atoms with Gasteiger partial charge in [-0.2, -0.15) is 0 Å². The van der Waals surface area contributed by atoms with Crippen LogP contribution in [-0.2, 0) is 6.54 Å². The molecule has 2 N–H and O–H groups in total. The molecule has 0 aromatic heterocycles. The van der Waals surface area contributed by atoms with Crippen molar-refractivity contribution in [1.82, 2.24) is 5.32 Å². The van der Waals surface area contributed by atoms with Gasteiger partial charge < -0.3 is 15.2 Å². The number of benzene rings is 1. The first-order chi connectivity index (χ1) is 7.13. The first-order valence-electron chi connectivity index (χ1n) is 4.84. The van der Waals surface area contributed by atoms with Crippen LogP contribution in [0.3, 0.4) is 0 Å². The molecule has 0 aliphatic carbocycles. The lowest BCUT2D eigenvalue weighted by Gasteiger charge is -2.09. The Kier molecular flexibility index (Phi) is 5.08. The van der Waals surface area contributed by atoms with Crippen LogP contribution in [0, 0.1) is 0 Å². The van der Waals surface area contributed by atoms with Crippen LogP contribution in [0.15, 0.2) is 22.7 Å². The first kappa shape index (κ1) is 12.5. The van der Waals surface area contributed by atoms with Crippen LogP contribution in [0.1, 0.15) is 12.5 Å². The van der Waals surface area contributed by atoms with Gasteiger partial charge in [0.1, 0.15) is 5.75 Å². The van der Waals surface area contributed by atoms with E-state index in [2.05, 4.69) is 21.2 Å². The number of halogens is 1. The van der Waals surface area contributed by atoms with Gasteiger partial charge >= 0.3 is 0 Å². The smallest absolute Gasteiger partial charge is 0.119 e. The van der Waals surface area contributed by atoms with Crippen LogP contribution in [0.2, 0.25) is 0 Å². The molecule has 0 unspecified atom stereocenters. The molecule has 0 amide bonds. The van der Waals surface area contributed by atoms with E-state index < -0.39 is 0 Å². The number of aliphatic hydroxyl groups excluding tert-OH is 1. The lowest BCUT2D eigenvalue weighted by molar-refractivity contribution is 0.191. The lowest BCUT2D eigenvalue weighted by atomic mass is 10.2. The summed E-state index contributed by atoms with van der Waals surface area (Å²) in [7, 11) is 1.65. The molecule has 0 saturated carbocycles. The fraction of sp³-hybridized carbons (Fsp3) is 0.455. The second-order valence-corrected chi connectivity index (χ2v) is 4.29. The molecule has 0 aliphatic rings. The summed E-state index contributed by atoms with van der Waals surface area (Å²) < 4.78 is 6.18. The minimum atomic E-state index is -0.325. The average molecular weight is 274 g/mol. The predicted molar refractivity (Wildman–Crippen MR) is 64.1 cm³/mol. The Morgan fingerprint density at radius 2 is 2.27 bits per heavy atom. The van der Waals surface area contributed by atoms with Gasteiger partial charge in [0.2, 0.25) is 0 Å². The number of hydrogen-bond acceptors (Lipinski definition) is 3. The first-order valence-corrected chi connectivity index (χ1v) is 5.64. The van der Waals surface area contributed by atoms with E-state index in [1.807, 2.05) is 18.2 Å². The van der Waals surface area contributed by atoms with E-state index in [-0.39, 0.29) is 6.10 Å². The third-order valence-corrected chi connectivity index (χ3v) is 2.78. The van der Waals surface area contributed by atoms with Crippen molar-refractivity contribution in [2.45, 2.75) is 19.6 Å². The van der Waals surface area contributed by atoms with Crippen molar-refractivity contribution in [3.05, 3.63) is 28.2 Å². The van der Waals surface area contributed by atoms with E-state index in [4.69, 9.17) is 9.84 Å². The number of nitrogens with one attached hydrogen (secondary N) is 1. The van der Waals surface area contributed by atoms with E-state index in [9.17, 15) is 0 Å².